The first-order valence-corrected chi connectivity index (χ1v) is 10.1. The molecule has 0 bridgehead atoms. The summed E-state index contributed by atoms with van der Waals surface area (Å²) in [6.45, 7) is 2.05. The minimum atomic E-state index is -0.747. The molecule has 0 radical (unpaired) electrons. The number of nitrogens with one attached hydrogen (secondary N) is 2. The second-order valence-corrected chi connectivity index (χ2v) is 8.11. The molecule has 2 saturated carbocycles. The Morgan fingerprint density at radius 2 is 1.36 bits per heavy atom. The highest BCUT2D eigenvalue weighted by atomic mass is 16.2. The Balaban J connectivity index is 1.68. The van der Waals surface area contributed by atoms with E-state index in [1.807, 2.05) is 19.1 Å². The first-order valence-electron chi connectivity index (χ1n) is 10.1. The van der Waals surface area contributed by atoms with Gasteiger partial charge in [0.25, 0.3) is 0 Å². The van der Waals surface area contributed by atoms with Gasteiger partial charge in [0.05, 0.1) is 0 Å². The van der Waals surface area contributed by atoms with Gasteiger partial charge >= 0.3 is 0 Å². The zero-order chi connectivity index (χ0) is 17.7. The van der Waals surface area contributed by atoms with Crippen LogP contribution in [0.15, 0.2) is 23.8 Å². The topological polar surface area (TPSA) is 58.2 Å². The number of rotatable bonds is 4. The molecule has 138 valence electrons. The van der Waals surface area contributed by atoms with Crippen molar-refractivity contribution in [2.45, 2.75) is 83.2 Å². The summed E-state index contributed by atoms with van der Waals surface area (Å²) in [6, 6.07) is 0. The van der Waals surface area contributed by atoms with E-state index in [1.165, 1.54) is 18.4 Å². The third-order valence-corrected chi connectivity index (χ3v) is 6.02. The van der Waals surface area contributed by atoms with E-state index >= 15 is 0 Å². The lowest BCUT2D eigenvalue weighted by atomic mass is 9.86. The van der Waals surface area contributed by atoms with Gasteiger partial charge in [-0.05, 0) is 38.7 Å². The molecule has 0 aliphatic heterocycles. The molecule has 3 aliphatic rings. The van der Waals surface area contributed by atoms with Crippen molar-refractivity contribution in [3.8, 4) is 0 Å². The van der Waals surface area contributed by atoms with E-state index in [1.54, 1.807) is 0 Å². The van der Waals surface area contributed by atoms with Gasteiger partial charge in [0, 0.05) is 18.3 Å². The molecule has 0 aromatic rings. The van der Waals surface area contributed by atoms with Crippen molar-refractivity contribution in [2.75, 3.05) is 0 Å². The summed E-state index contributed by atoms with van der Waals surface area (Å²) in [5.74, 6) is 0.387. The lowest BCUT2D eigenvalue weighted by Gasteiger charge is -2.37. The summed E-state index contributed by atoms with van der Waals surface area (Å²) in [7, 11) is 0. The summed E-state index contributed by atoms with van der Waals surface area (Å²) < 4.78 is 0. The standard InChI is InChI=1S/C21H32N2O2/c1-16-12-14-21(15-13-16,22-19(24)17-8-4-2-5-9-17)23-20(25)18-10-6-3-7-11-18/h12-14,17-18H,2-11,15H2,1H3,(H,22,24)(H,23,25). The molecule has 0 heterocycles. The molecule has 0 aromatic carbocycles. The minimum Gasteiger partial charge on any atom is -0.329 e. The summed E-state index contributed by atoms with van der Waals surface area (Å²) >= 11 is 0. The summed E-state index contributed by atoms with van der Waals surface area (Å²) in [5, 5.41) is 6.38. The lowest BCUT2D eigenvalue weighted by Crippen LogP contribution is -2.61. The molecule has 3 rings (SSSR count). The maximum Gasteiger partial charge on any atom is 0.225 e. The van der Waals surface area contributed by atoms with Crippen LogP contribution in [-0.4, -0.2) is 17.5 Å². The molecule has 3 aliphatic carbocycles. The molecular weight excluding hydrogens is 312 g/mol. The van der Waals surface area contributed by atoms with E-state index in [4.69, 9.17) is 0 Å². The molecule has 25 heavy (non-hydrogen) atoms. The van der Waals surface area contributed by atoms with E-state index in [2.05, 4.69) is 16.7 Å². The number of carbonyl (C=O) groups is 2. The highest BCUT2D eigenvalue weighted by Crippen LogP contribution is 2.28. The fraction of sp³-hybridized carbons (Fsp3) is 0.714. The Kier molecular flexibility index (Phi) is 5.98. The first-order chi connectivity index (χ1) is 12.1. The van der Waals surface area contributed by atoms with Crippen LogP contribution in [0.4, 0.5) is 0 Å². The minimum absolute atomic E-state index is 0.0950. The van der Waals surface area contributed by atoms with Crippen molar-refractivity contribution in [2.24, 2.45) is 11.8 Å². The average Bonchev–Trinajstić information content (AvgIpc) is 2.65. The van der Waals surface area contributed by atoms with E-state index in [-0.39, 0.29) is 23.7 Å². The summed E-state index contributed by atoms with van der Waals surface area (Å²) in [4.78, 5) is 25.6. The van der Waals surface area contributed by atoms with Gasteiger partial charge < -0.3 is 10.6 Å². The molecular formula is C21H32N2O2. The number of allylic oxidation sites excluding steroid dienone is 2. The number of hydrogen-bond acceptors (Lipinski definition) is 2. The third kappa shape index (κ3) is 4.74. The molecule has 2 amide bonds. The Morgan fingerprint density at radius 3 is 1.76 bits per heavy atom. The predicted octanol–water partition coefficient (Wildman–Crippen LogP) is 3.98. The van der Waals surface area contributed by atoms with Gasteiger partial charge in [-0.25, -0.2) is 0 Å². The van der Waals surface area contributed by atoms with Gasteiger partial charge in [-0.2, -0.15) is 0 Å². The van der Waals surface area contributed by atoms with Crippen molar-refractivity contribution >= 4 is 11.8 Å². The largest absolute Gasteiger partial charge is 0.329 e. The van der Waals surface area contributed by atoms with Crippen LogP contribution in [0.2, 0.25) is 0 Å². The number of carbonyl (C=O) groups excluding carboxylic acids is 2. The molecule has 0 aromatic heterocycles. The van der Waals surface area contributed by atoms with Crippen LogP contribution >= 0.6 is 0 Å². The van der Waals surface area contributed by atoms with Crippen LogP contribution in [0, 0.1) is 11.8 Å². The Labute approximate surface area is 151 Å². The van der Waals surface area contributed by atoms with Crippen molar-refractivity contribution < 1.29 is 9.59 Å². The third-order valence-electron chi connectivity index (χ3n) is 6.02. The molecule has 2 N–H and O–H groups in total. The molecule has 4 heteroatoms. The van der Waals surface area contributed by atoms with Gasteiger partial charge in [-0.1, -0.05) is 56.3 Å². The Hall–Kier alpha value is -1.58. The monoisotopic (exact) mass is 344 g/mol. The van der Waals surface area contributed by atoms with Gasteiger partial charge in [-0.3, -0.25) is 9.59 Å². The van der Waals surface area contributed by atoms with Gasteiger partial charge in [0.2, 0.25) is 11.8 Å². The second kappa shape index (κ2) is 8.20. The normalized spacial score (nSPS) is 24.4. The number of amides is 2. The van der Waals surface area contributed by atoms with Crippen molar-refractivity contribution in [3.05, 3.63) is 23.8 Å². The number of hydrogen-bond donors (Lipinski definition) is 2. The van der Waals surface area contributed by atoms with Crippen LogP contribution in [-0.2, 0) is 9.59 Å². The van der Waals surface area contributed by atoms with Gasteiger partial charge in [0.1, 0.15) is 5.66 Å². The van der Waals surface area contributed by atoms with Crippen molar-refractivity contribution in [1.82, 2.24) is 10.6 Å². The van der Waals surface area contributed by atoms with E-state index in [9.17, 15) is 9.59 Å². The quantitative estimate of drug-likeness (QED) is 0.758. The molecule has 0 atom stereocenters. The van der Waals surface area contributed by atoms with E-state index in [0.717, 1.165) is 51.4 Å². The maximum absolute atomic E-state index is 12.8. The molecule has 0 saturated heterocycles. The zero-order valence-corrected chi connectivity index (χ0v) is 15.5. The fourth-order valence-electron chi connectivity index (χ4n) is 4.32. The first kappa shape index (κ1) is 18.2. The van der Waals surface area contributed by atoms with Crippen LogP contribution in [0.3, 0.4) is 0 Å². The molecule has 0 unspecified atom stereocenters. The van der Waals surface area contributed by atoms with E-state index < -0.39 is 5.66 Å². The fourth-order valence-corrected chi connectivity index (χ4v) is 4.32. The van der Waals surface area contributed by atoms with Crippen LogP contribution < -0.4 is 10.6 Å². The Bertz CT molecular complexity index is 520. The Morgan fingerprint density at radius 1 is 0.880 bits per heavy atom. The van der Waals surface area contributed by atoms with E-state index in [0.29, 0.717) is 6.42 Å². The SMILES string of the molecule is CC1=CCC(NC(=O)C2CCCCC2)(NC(=O)C2CCCCC2)C=C1. The van der Waals surface area contributed by atoms with Gasteiger partial charge in [0.15, 0.2) is 0 Å². The summed E-state index contributed by atoms with van der Waals surface area (Å²) in [6.07, 6.45) is 17.6. The lowest BCUT2D eigenvalue weighted by molar-refractivity contribution is -0.131. The highest BCUT2D eigenvalue weighted by Gasteiger charge is 2.36. The average molecular weight is 344 g/mol. The molecule has 2 fully saturated rings. The van der Waals surface area contributed by atoms with Crippen molar-refractivity contribution in [3.63, 3.8) is 0 Å². The maximum atomic E-state index is 12.8. The molecule has 0 spiro atoms. The molecule has 4 nitrogen and oxygen atoms in total. The van der Waals surface area contributed by atoms with Crippen molar-refractivity contribution in [1.29, 1.82) is 0 Å². The van der Waals surface area contributed by atoms with Gasteiger partial charge in [-0.15, -0.1) is 0 Å². The predicted molar refractivity (Wildman–Crippen MR) is 99.7 cm³/mol. The highest BCUT2D eigenvalue weighted by molar-refractivity contribution is 5.83. The zero-order valence-electron chi connectivity index (χ0n) is 15.5. The van der Waals surface area contributed by atoms with Crippen LogP contribution in [0.5, 0.6) is 0 Å². The second-order valence-electron chi connectivity index (χ2n) is 8.11. The smallest absolute Gasteiger partial charge is 0.225 e. The summed E-state index contributed by atoms with van der Waals surface area (Å²) in [5.41, 5.74) is 0.428. The van der Waals surface area contributed by atoms with Crippen LogP contribution in [0.1, 0.15) is 77.6 Å². The van der Waals surface area contributed by atoms with Crippen LogP contribution in [0.25, 0.3) is 0 Å².